The summed E-state index contributed by atoms with van der Waals surface area (Å²) in [6.07, 6.45) is 1.93. The van der Waals surface area contributed by atoms with E-state index in [9.17, 15) is 4.79 Å². The molecule has 1 aliphatic heterocycles. The fraction of sp³-hybridized carbons (Fsp3) is 0.933. The molecule has 21 heavy (non-hydrogen) atoms. The van der Waals surface area contributed by atoms with E-state index in [1.807, 2.05) is 21.0 Å². The van der Waals surface area contributed by atoms with Gasteiger partial charge >= 0.3 is 0 Å². The molecule has 0 saturated carbocycles. The van der Waals surface area contributed by atoms with Crippen LogP contribution in [0.3, 0.4) is 0 Å². The number of hydrogen-bond donors (Lipinski definition) is 1. The van der Waals surface area contributed by atoms with Crippen molar-refractivity contribution in [3.05, 3.63) is 0 Å². The van der Waals surface area contributed by atoms with Gasteiger partial charge in [-0.25, -0.2) is 0 Å². The van der Waals surface area contributed by atoms with Crippen LogP contribution in [0.4, 0.5) is 0 Å². The van der Waals surface area contributed by atoms with E-state index in [0.717, 1.165) is 12.8 Å². The third-order valence-electron chi connectivity index (χ3n) is 3.76. The van der Waals surface area contributed by atoms with Gasteiger partial charge in [-0.15, -0.1) is 0 Å². The quantitative estimate of drug-likeness (QED) is 0.678. The van der Waals surface area contributed by atoms with E-state index >= 15 is 0 Å². The van der Waals surface area contributed by atoms with Gasteiger partial charge in [0.15, 0.2) is 6.29 Å². The molecular formula is C15H30N2O4. The molecule has 0 bridgehead atoms. The molecule has 1 rings (SSSR count). The largest absolute Gasteiger partial charge is 0.371 e. The lowest BCUT2D eigenvalue weighted by molar-refractivity contribution is -0.254. The van der Waals surface area contributed by atoms with Crippen LogP contribution < -0.4 is 5.32 Å². The molecule has 6 nitrogen and oxygen atoms in total. The Hall–Kier alpha value is -0.690. The number of hydrogen-bond acceptors (Lipinski definition) is 5. The van der Waals surface area contributed by atoms with Gasteiger partial charge in [-0.2, -0.15) is 0 Å². The van der Waals surface area contributed by atoms with Crippen LogP contribution in [-0.4, -0.2) is 69.7 Å². The van der Waals surface area contributed by atoms with Gasteiger partial charge in [0.1, 0.15) is 6.10 Å². The number of methoxy groups -OCH3 is 1. The second kappa shape index (κ2) is 9.35. The van der Waals surface area contributed by atoms with Gasteiger partial charge in [0.25, 0.3) is 0 Å². The van der Waals surface area contributed by atoms with Crippen molar-refractivity contribution >= 4 is 5.91 Å². The van der Waals surface area contributed by atoms with Crippen LogP contribution in [-0.2, 0) is 19.0 Å². The van der Waals surface area contributed by atoms with E-state index in [-0.39, 0.29) is 30.4 Å². The predicted octanol–water partition coefficient (Wildman–Crippen LogP) is 0.999. The number of rotatable bonds is 8. The molecule has 0 spiro atoms. The topological polar surface area (TPSA) is 60.0 Å². The summed E-state index contributed by atoms with van der Waals surface area (Å²) in [7, 11) is 5.74. The zero-order chi connectivity index (χ0) is 15.8. The van der Waals surface area contributed by atoms with Crippen LogP contribution in [0.25, 0.3) is 0 Å². The Morgan fingerprint density at radius 1 is 1.43 bits per heavy atom. The van der Waals surface area contributed by atoms with Gasteiger partial charge in [-0.3, -0.25) is 4.79 Å². The van der Waals surface area contributed by atoms with Gasteiger partial charge in [0.2, 0.25) is 5.91 Å². The SMILES string of the molecule is CCC(=O)NCCCO[C@H]1C(OC)O[C@H](C)CC1N(C)C. The maximum absolute atomic E-state index is 11.2. The molecule has 1 amide bonds. The van der Waals surface area contributed by atoms with Gasteiger partial charge < -0.3 is 24.4 Å². The van der Waals surface area contributed by atoms with Crippen molar-refractivity contribution in [1.82, 2.24) is 10.2 Å². The molecule has 0 aliphatic carbocycles. The summed E-state index contributed by atoms with van der Waals surface area (Å²) in [6, 6.07) is 0.268. The Kier molecular flexibility index (Phi) is 8.18. The highest BCUT2D eigenvalue weighted by Crippen LogP contribution is 2.26. The Bertz CT molecular complexity index is 312. The zero-order valence-corrected chi connectivity index (χ0v) is 13.9. The smallest absolute Gasteiger partial charge is 0.219 e. The molecule has 1 aliphatic rings. The summed E-state index contributed by atoms with van der Waals surface area (Å²) in [5.41, 5.74) is 0. The summed E-state index contributed by atoms with van der Waals surface area (Å²) in [4.78, 5) is 13.3. The number of ether oxygens (including phenoxy) is 3. The zero-order valence-electron chi connectivity index (χ0n) is 13.9. The van der Waals surface area contributed by atoms with Crippen molar-refractivity contribution in [2.45, 2.75) is 57.6 Å². The summed E-state index contributed by atoms with van der Waals surface area (Å²) in [6.45, 7) is 5.12. The number of carbonyl (C=O) groups excluding carboxylic acids is 1. The molecule has 6 heteroatoms. The first-order valence-corrected chi connectivity index (χ1v) is 7.72. The second-order valence-electron chi connectivity index (χ2n) is 5.71. The highest BCUT2D eigenvalue weighted by Gasteiger charge is 2.39. The minimum absolute atomic E-state index is 0.0748. The molecule has 124 valence electrons. The molecule has 0 aromatic carbocycles. The maximum Gasteiger partial charge on any atom is 0.219 e. The van der Waals surface area contributed by atoms with E-state index in [1.54, 1.807) is 7.11 Å². The Balaban J connectivity index is 2.42. The fourth-order valence-electron chi connectivity index (χ4n) is 2.55. The molecule has 2 unspecified atom stereocenters. The first-order valence-electron chi connectivity index (χ1n) is 7.72. The van der Waals surface area contributed by atoms with E-state index in [4.69, 9.17) is 14.2 Å². The maximum atomic E-state index is 11.2. The molecule has 1 fully saturated rings. The van der Waals surface area contributed by atoms with E-state index in [2.05, 4.69) is 17.1 Å². The Morgan fingerprint density at radius 2 is 2.14 bits per heavy atom. The number of carbonyl (C=O) groups is 1. The molecule has 4 atom stereocenters. The predicted molar refractivity (Wildman–Crippen MR) is 81.1 cm³/mol. The summed E-state index contributed by atoms with van der Waals surface area (Å²) in [5.74, 6) is 0.0748. The van der Waals surface area contributed by atoms with Crippen LogP contribution in [0, 0.1) is 0 Å². The lowest BCUT2D eigenvalue weighted by atomic mass is 9.99. The average Bonchev–Trinajstić information content (AvgIpc) is 2.46. The fourth-order valence-corrected chi connectivity index (χ4v) is 2.55. The van der Waals surface area contributed by atoms with E-state index in [1.165, 1.54) is 0 Å². The van der Waals surface area contributed by atoms with Gasteiger partial charge in [0, 0.05) is 32.7 Å². The van der Waals surface area contributed by atoms with Crippen molar-refractivity contribution in [3.63, 3.8) is 0 Å². The first-order chi connectivity index (χ1) is 9.99. The number of amides is 1. The van der Waals surface area contributed by atoms with Crippen molar-refractivity contribution < 1.29 is 19.0 Å². The van der Waals surface area contributed by atoms with Gasteiger partial charge in [0.05, 0.1) is 6.10 Å². The number of nitrogens with zero attached hydrogens (tertiary/aromatic N) is 1. The van der Waals surface area contributed by atoms with Crippen molar-refractivity contribution in [3.8, 4) is 0 Å². The molecular weight excluding hydrogens is 272 g/mol. The van der Waals surface area contributed by atoms with Crippen molar-refractivity contribution in [1.29, 1.82) is 0 Å². The van der Waals surface area contributed by atoms with Crippen molar-refractivity contribution in [2.75, 3.05) is 34.4 Å². The molecule has 1 N–H and O–H groups in total. The minimum atomic E-state index is -0.341. The molecule has 0 aromatic heterocycles. The molecule has 1 saturated heterocycles. The summed E-state index contributed by atoms with van der Waals surface area (Å²) >= 11 is 0. The van der Waals surface area contributed by atoms with Crippen LogP contribution in [0.5, 0.6) is 0 Å². The molecule has 0 aromatic rings. The minimum Gasteiger partial charge on any atom is -0.371 e. The highest BCUT2D eigenvalue weighted by molar-refractivity contribution is 5.75. The Morgan fingerprint density at radius 3 is 2.71 bits per heavy atom. The third-order valence-corrected chi connectivity index (χ3v) is 3.76. The van der Waals surface area contributed by atoms with Crippen LogP contribution >= 0.6 is 0 Å². The Labute approximate surface area is 128 Å². The number of nitrogens with one attached hydrogen (secondary N) is 1. The van der Waals surface area contributed by atoms with Crippen LogP contribution in [0.2, 0.25) is 0 Å². The number of likely N-dealkylation sites (N-methyl/N-ethyl adjacent to an activating group) is 1. The average molecular weight is 302 g/mol. The summed E-state index contributed by atoms with van der Waals surface area (Å²) < 4.78 is 17.2. The monoisotopic (exact) mass is 302 g/mol. The molecule has 0 radical (unpaired) electrons. The lowest BCUT2D eigenvalue weighted by Gasteiger charge is -2.42. The van der Waals surface area contributed by atoms with Crippen LogP contribution in [0.1, 0.15) is 33.1 Å². The van der Waals surface area contributed by atoms with Crippen molar-refractivity contribution in [2.24, 2.45) is 0 Å². The lowest BCUT2D eigenvalue weighted by Crippen LogP contribution is -2.55. The van der Waals surface area contributed by atoms with E-state index < -0.39 is 0 Å². The van der Waals surface area contributed by atoms with Gasteiger partial charge in [-0.1, -0.05) is 6.92 Å². The standard InChI is InChI=1S/C15H30N2O4/c1-6-13(18)16-8-7-9-20-14-12(17(3)4)10-11(2)21-15(14)19-5/h11-12,14-15H,6-10H2,1-5H3,(H,16,18)/t11-,12?,14-,15?/m1/s1. The second-order valence-corrected chi connectivity index (χ2v) is 5.71. The van der Waals surface area contributed by atoms with Crippen LogP contribution in [0.15, 0.2) is 0 Å². The molecule has 1 heterocycles. The first kappa shape index (κ1) is 18.4. The normalized spacial score (nSPS) is 29.6. The third kappa shape index (κ3) is 5.90. The highest BCUT2D eigenvalue weighted by atomic mass is 16.7. The summed E-state index contributed by atoms with van der Waals surface area (Å²) in [5, 5.41) is 2.84. The van der Waals surface area contributed by atoms with Gasteiger partial charge in [-0.05, 0) is 33.9 Å². The van der Waals surface area contributed by atoms with E-state index in [0.29, 0.717) is 19.6 Å².